The Labute approximate surface area is 140 Å². The third-order valence-electron chi connectivity index (χ3n) is 3.43. The van der Waals surface area contributed by atoms with Gasteiger partial charge >= 0.3 is 0 Å². The first kappa shape index (κ1) is 16.8. The molecule has 5 nitrogen and oxygen atoms in total. The number of amides is 1. The van der Waals surface area contributed by atoms with E-state index < -0.39 is 5.91 Å². The number of hydrogen-bond acceptors (Lipinski definition) is 4. The SMILES string of the molecule is Cc1ccc(C)c(N/C=C(/C#N)C(=O)Nc2ccccc2C#N)c1. The van der Waals surface area contributed by atoms with Crippen LogP contribution in [0.4, 0.5) is 11.4 Å². The zero-order valence-electron chi connectivity index (χ0n) is 13.4. The first-order valence-corrected chi connectivity index (χ1v) is 7.29. The minimum atomic E-state index is -0.571. The number of nitrogens with one attached hydrogen (secondary N) is 2. The normalized spacial score (nSPS) is 10.4. The van der Waals surface area contributed by atoms with Gasteiger partial charge in [-0.15, -0.1) is 0 Å². The van der Waals surface area contributed by atoms with Crippen LogP contribution >= 0.6 is 0 Å². The van der Waals surface area contributed by atoms with E-state index in [9.17, 15) is 10.1 Å². The van der Waals surface area contributed by atoms with Crippen LogP contribution in [0.2, 0.25) is 0 Å². The van der Waals surface area contributed by atoms with Crippen molar-refractivity contribution in [3.05, 3.63) is 70.9 Å². The second-order valence-corrected chi connectivity index (χ2v) is 5.24. The van der Waals surface area contributed by atoms with Gasteiger partial charge in [-0.2, -0.15) is 10.5 Å². The van der Waals surface area contributed by atoms with Crippen LogP contribution in [0, 0.1) is 36.5 Å². The van der Waals surface area contributed by atoms with Gasteiger partial charge in [0.05, 0.1) is 11.3 Å². The lowest BCUT2D eigenvalue weighted by molar-refractivity contribution is -0.112. The summed E-state index contributed by atoms with van der Waals surface area (Å²) in [6.45, 7) is 3.90. The zero-order chi connectivity index (χ0) is 17.5. The Hall–Kier alpha value is -3.57. The number of rotatable bonds is 4. The van der Waals surface area contributed by atoms with Crippen LogP contribution in [0.1, 0.15) is 16.7 Å². The van der Waals surface area contributed by atoms with Gasteiger partial charge < -0.3 is 10.6 Å². The third kappa shape index (κ3) is 4.00. The quantitative estimate of drug-likeness (QED) is 0.666. The molecule has 5 heteroatoms. The minimum Gasteiger partial charge on any atom is -0.360 e. The highest BCUT2D eigenvalue weighted by molar-refractivity contribution is 6.07. The number of anilines is 2. The van der Waals surface area contributed by atoms with Crippen LogP contribution in [0.15, 0.2) is 54.2 Å². The third-order valence-corrected chi connectivity index (χ3v) is 3.43. The lowest BCUT2D eigenvalue weighted by Crippen LogP contribution is -2.15. The second-order valence-electron chi connectivity index (χ2n) is 5.24. The van der Waals surface area contributed by atoms with Crippen LogP contribution in [0.3, 0.4) is 0 Å². The van der Waals surface area contributed by atoms with Crippen LogP contribution in [-0.2, 0) is 4.79 Å². The topological polar surface area (TPSA) is 88.7 Å². The molecular weight excluding hydrogens is 300 g/mol. The van der Waals surface area contributed by atoms with Crippen LogP contribution in [0.5, 0.6) is 0 Å². The Balaban J connectivity index is 2.19. The van der Waals surface area contributed by atoms with Crippen molar-refractivity contribution in [1.29, 1.82) is 10.5 Å². The molecule has 24 heavy (non-hydrogen) atoms. The average Bonchev–Trinajstić information content (AvgIpc) is 2.58. The van der Waals surface area contributed by atoms with Gasteiger partial charge in [0.15, 0.2) is 0 Å². The predicted molar refractivity (Wildman–Crippen MR) is 93.0 cm³/mol. The average molecular weight is 316 g/mol. The van der Waals surface area contributed by atoms with E-state index in [0.717, 1.165) is 16.8 Å². The molecule has 0 fully saturated rings. The summed E-state index contributed by atoms with van der Waals surface area (Å²) in [7, 11) is 0. The highest BCUT2D eigenvalue weighted by Crippen LogP contribution is 2.17. The molecular formula is C19H16N4O. The molecule has 0 heterocycles. The van der Waals surface area contributed by atoms with Crippen LogP contribution in [-0.4, -0.2) is 5.91 Å². The van der Waals surface area contributed by atoms with Crippen molar-refractivity contribution in [3.8, 4) is 12.1 Å². The molecule has 0 aliphatic heterocycles. The summed E-state index contributed by atoms with van der Waals surface area (Å²) in [6, 6.07) is 16.4. The van der Waals surface area contributed by atoms with E-state index in [1.807, 2.05) is 44.2 Å². The summed E-state index contributed by atoms with van der Waals surface area (Å²) in [5, 5.41) is 23.8. The van der Waals surface area contributed by atoms with Gasteiger partial charge in [-0.3, -0.25) is 4.79 Å². The van der Waals surface area contributed by atoms with Gasteiger partial charge in [0, 0.05) is 11.9 Å². The monoisotopic (exact) mass is 316 g/mol. The standard InChI is InChI=1S/C19H16N4O/c1-13-7-8-14(2)18(9-13)22-12-16(11-21)19(24)23-17-6-4-3-5-15(17)10-20/h3-9,12,22H,1-2H3,(H,23,24)/b16-12-. The fraction of sp³-hybridized carbons (Fsp3) is 0.105. The second kappa shape index (κ2) is 7.62. The highest BCUT2D eigenvalue weighted by Gasteiger charge is 2.11. The van der Waals surface area contributed by atoms with E-state index in [1.165, 1.54) is 6.20 Å². The van der Waals surface area contributed by atoms with Crippen LogP contribution < -0.4 is 10.6 Å². The first-order chi connectivity index (χ1) is 11.5. The Morgan fingerprint density at radius 2 is 1.83 bits per heavy atom. The van der Waals surface area contributed by atoms with E-state index in [0.29, 0.717) is 11.3 Å². The van der Waals surface area contributed by atoms with E-state index >= 15 is 0 Å². The van der Waals surface area contributed by atoms with Gasteiger partial charge in [-0.25, -0.2) is 0 Å². The molecule has 0 aliphatic carbocycles. The smallest absolute Gasteiger partial charge is 0.267 e. The van der Waals surface area contributed by atoms with Crippen LogP contribution in [0.25, 0.3) is 0 Å². The summed E-state index contributed by atoms with van der Waals surface area (Å²) in [5.74, 6) is -0.571. The molecule has 2 aromatic rings. The van der Waals surface area contributed by atoms with Gasteiger partial charge in [0.2, 0.25) is 0 Å². The van der Waals surface area contributed by atoms with E-state index in [1.54, 1.807) is 24.3 Å². The van der Waals surface area contributed by atoms with Gasteiger partial charge in [-0.1, -0.05) is 24.3 Å². The van der Waals surface area contributed by atoms with Crippen molar-refractivity contribution < 1.29 is 4.79 Å². The van der Waals surface area contributed by atoms with Crippen molar-refractivity contribution in [2.75, 3.05) is 10.6 Å². The maximum Gasteiger partial charge on any atom is 0.267 e. The number of hydrogen-bond donors (Lipinski definition) is 2. The Kier molecular flexibility index (Phi) is 5.33. The molecule has 0 bridgehead atoms. The fourth-order valence-corrected chi connectivity index (χ4v) is 2.07. The molecule has 0 aliphatic rings. The van der Waals surface area contributed by atoms with Gasteiger partial charge in [0.1, 0.15) is 17.7 Å². The maximum atomic E-state index is 12.2. The summed E-state index contributed by atoms with van der Waals surface area (Å²) in [4.78, 5) is 12.2. The lowest BCUT2D eigenvalue weighted by atomic mass is 10.1. The van der Waals surface area contributed by atoms with E-state index in [4.69, 9.17) is 5.26 Å². The molecule has 0 unspecified atom stereocenters. The molecule has 0 spiro atoms. The number of nitrogens with zero attached hydrogens (tertiary/aromatic N) is 2. The zero-order valence-corrected chi connectivity index (χ0v) is 13.4. The molecule has 0 aromatic heterocycles. The Morgan fingerprint density at radius 1 is 1.08 bits per heavy atom. The Morgan fingerprint density at radius 3 is 2.54 bits per heavy atom. The summed E-state index contributed by atoms with van der Waals surface area (Å²) in [6.07, 6.45) is 1.37. The molecule has 2 aromatic carbocycles. The molecule has 0 saturated heterocycles. The molecule has 0 radical (unpaired) electrons. The number of aryl methyl sites for hydroxylation is 2. The largest absolute Gasteiger partial charge is 0.360 e. The van der Waals surface area contributed by atoms with E-state index in [-0.39, 0.29) is 5.57 Å². The first-order valence-electron chi connectivity index (χ1n) is 7.29. The molecule has 1 amide bonds. The highest BCUT2D eigenvalue weighted by atomic mass is 16.1. The van der Waals surface area contributed by atoms with Crippen molar-refractivity contribution in [3.63, 3.8) is 0 Å². The molecule has 0 atom stereocenters. The van der Waals surface area contributed by atoms with Crippen molar-refractivity contribution >= 4 is 17.3 Å². The number of nitriles is 2. The fourth-order valence-electron chi connectivity index (χ4n) is 2.07. The summed E-state index contributed by atoms with van der Waals surface area (Å²) >= 11 is 0. The number of para-hydroxylation sites is 1. The van der Waals surface area contributed by atoms with Gasteiger partial charge in [-0.05, 0) is 43.2 Å². The number of carbonyl (C=O) groups excluding carboxylic acids is 1. The summed E-state index contributed by atoms with van der Waals surface area (Å²) < 4.78 is 0. The molecule has 2 rings (SSSR count). The number of carbonyl (C=O) groups is 1. The molecule has 0 saturated carbocycles. The minimum absolute atomic E-state index is 0.0800. The number of benzene rings is 2. The van der Waals surface area contributed by atoms with E-state index in [2.05, 4.69) is 10.6 Å². The summed E-state index contributed by atoms with van der Waals surface area (Å²) in [5.41, 5.74) is 3.53. The van der Waals surface area contributed by atoms with Gasteiger partial charge in [0.25, 0.3) is 5.91 Å². The van der Waals surface area contributed by atoms with Crippen molar-refractivity contribution in [1.82, 2.24) is 0 Å². The lowest BCUT2D eigenvalue weighted by Gasteiger charge is -2.08. The predicted octanol–water partition coefficient (Wildman–Crippen LogP) is 3.63. The molecule has 118 valence electrons. The van der Waals surface area contributed by atoms with Crippen molar-refractivity contribution in [2.24, 2.45) is 0 Å². The maximum absolute atomic E-state index is 12.2. The Bertz CT molecular complexity index is 885. The molecule has 2 N–H and O–H groups in total. The van der Waals surface area contributed by atoms with Crippen molar-refractivity contribution in [2.45, 2.75) is 13.8 Å².